The number of aromatic amines is 1. The average Bonchev–Trinajstić information content (AvgIpc) is 2.79. The molecule has 0 spiro atoms. The van der Waals surface area contributed by atoms with Crippen molar-refractivity contribution in [2.75, 3.05) is 13.7 Å². The Kier molecular flexibility index (Phi) is 4.16. The molecule has 0 aliphatic rings. The Morgan fingerprint density at radius 2 is 2.32 bits per heavy atom. The molecular weight excluding hydrogens is 242 g/mol. The summed E-state index contributed by atoms with van der Waals surface area (Å²) in [6.07, 6.45) is 0.361. The summed E-state index contributed by atoms with van der Waals surface area (Å²) in [5.41, 5.74) is 3.09. The van der Waals surface area contributed by atoms with Gasteiger partial charge in [-0.3, -0.25) is 4.79 Å². The quantitative estimate of drug-likeness (QED) is 0.866. The van der Waals surface area contributed by atoms with Gasteiger partial charge in [0.15, 0.2) is 0 Å². The van der Waals surface area contributed by atoms with E-state index in [2.05, 4.69) is 15.3 Å². The standard InChI is InChI=1S/C14H19N3O2/c1-9-4-5-11-12(8-9)17-14(16-11)10(2)15-13(18)6-7-19-3/h4-5,8,10H,6-7H2,1-3H3,(H,15,18)(H,16,17)/t10-/m1/s1. The van der Waals surface area contributed by atoms with E-state index < -0.39 is 0 Å². The van der Waals surface area contributed by atoms with Crippen LogP contribution in [-0.2, 0) is 9.53 Å². The van der Waals surface area contributed by atoms with Gasteiger partial charge in [0, 0.05) is 13.5 Å². The maximum absolute atomic E-state index is 11.6. The van der Waals surface area contributed by atoms with Gasteiger partial charge in [-0.1, -0.05) is 6.07 Å². The predicted octanol–water partition coefficient (Wildman–Crippen LogP) is 2.09. The number of nitrogens with one attached hydrogen (secondary N) is 2. The highest BCUT2D eigenvalue weighted by Crippen LogP contribution is 2.17. The molecule has 2 aromatic rings. The van der Waals surface area contributed by atoms with Gasteiger partial charge in [-0.05, 0) is 31.5 Å². The van der Waals surface area contributed by atoms with E-state index in [0.29, 0.717) is 13.0 Å². The third-order valence-corrected chi connectivity index (χ3v) is 2.98. The lowest BCUT2D eigenvalue weighted by molar-refractivity contribution is -0.122. The number of aromatic nitrogens is 2. The van der Waals surface area contributed by atoms with Crippen LogP contribution < -0.4 is 5.32 Å². The van der Waals surface area contributed by atoms with Gasteiger partial charge in [0.1, 0.15) is 5.82 Å². The maximum atomic E-state index is 11.6. The monoisotopic (exact) mass is 261 g/mol. The SMILES string of the molecule is COCCC(=O)N[C@H](C)c1nc2ccc(C)cc2[nH]1. The molecule has 0 fully saturated rings. The Morgan fingerprint density at radius 3 is 3.05 bits per heavy atom. The fraction of sp³-hybridized carbons (Fsp3) is 0.429. The number of ether oxygens (including phenoxy) is 1. The van der Waals surface area contributed by atoms with Crippen LogP contribution in [0.4, 0.5) is 0 Å². The second-order valence-corrected chi connectivity index (χ2v) is 4.67. The number of rotatable bonds is 5. The highest BCUT2D eigenvalue weighted by molar-refractivity contribution is 5.78. The zero-order valence-electron chi connectivity index (χ0n) is 11.5. The van der Waals surface area contributed by atoms with Crippen LogP contribution in [-0.4, -0.2) is 29.6 Å². The molecule has 102 valence electrons. The van der Waals surface area contributed by atoms with Crippen molar-refractivity contribution in [1.82, 2.24) is 15.3 Å². The van der Waals surface area contributed by atoms with Crippen LogP contribution in [0.1, 0.15) is 30.8 Å². The number of nitrogens with zero attached hydrogens (tertiary/aromatic N) is 1. The first-order chi connectivity index (χ1) is 9.10. The van der Waals surface area contributed by atoms with Crippen molar-refractivity contribution in [3.63, 3.8) is 0 Å². The average molecular weight is 261 g/mol. The molecule has 1 aromatic carbocycles. The van der Waals surface area contributed by atoms with Crippen LogP contribution in [0.5, 0.6) is 0 Å². The molecule has 5 nitrogen and oxygen atoms in total. The van der Waals surface area contributed by atoms with Crippen molar-refractivity contribution in [3.8, 4) is 0 Å². The summed E-state index contributed by atoms with van der Waals surface area (Å²) in [4.78, 5) is 19.3. The first-order valence-corrected chi connectivity index (χ1v) is 6.34. The number of carbonyl (C=O) groups is 1. The topological polar surface area (TPSA) is 67.0 Å². The number of benzene rings is 1. The Bertz CT molecular complexity index is 577. The molecule has 0 saturated heterocycles. The third-order valence-electron chi connectivity index (χ3n) is 2.98. The Hall–Kier alpha value is -1.88. The van der Waals surface area contributed by atoms with E-state index in [-0.39, 0.29) is 11.9 Å². The zero-order valence-corrected chi connectivity index (χ0v) is 11.5. The fourth-order valence-corrected chi connectivity index (χ4v) is 1.93. The van der Waals surface area contributed by atoms with Crippen molar-refractivity contribution < 1.29 is 9.53 Å². The van der Waals surface area contributed by atoms with E-state index in [1.807, 2.05) is 32.0 Å². The summed E-state index contributed by atoms with van der Waals surface area (Å²) in [6, 6.07) is 5.90. The van der Waals surface area contributed by atoms with Crippen molar-refractivity contribution in [2.24, 2.45) is 0 Å². The first-order valence-electron chi connectivity index (χ1n) is 6.34. The number of amides is 1. The van der Waals surface area contributed by atoms with E-state index in [9.17, 15) is 4.79 Å². The highest BCUT2D eigenvalue weighted by Gasteiger charge is 2.13. The zero-order chi connectivity index (χ0) is 13.8. The summed E-state index contributed by atoms with van der Waals surface area (Å²) in [5.74, 6) is 0.734. The van der Waals surface area contributed by atoms with Gasteiger partial charge >= 0.3 is 0 Å². The number of H-pyrrole nitrogens is 1. The van der Waals surface area contributed by atoms with E-state index >= 15 is 0 Å². The van der Waals surface area contributed by atoms with Crippen molar-refractivity contribution >= 4 is 16.9 Å². The van der Waals surface area contributed by atoms with E-state index in [1.54, 1.807) is 7.11 Å². The number of hydrogen-bond acceptors (Lipinski definition) is 3. The molecule has 0 aliphatic heterocycles. The molecule has 1 aromatic heterocycles. The molecule has 0 radical (unpaired) electrons. The largest absolute Gasteiger partial charge is 0.384 e. The van der Waals surface area contributed by atoms with E-state index in [4.69, 9.17) is 4.74 Å². The van der Waals surface area contributed by atoms with Gasteiger partial charge in [0.05, 0.1) is 23.7 Å². The molecule has 0 bridgehead atoms. The molecule has 1 heterocycles. The fourth-order valence-electron chi connectivity index (χ4n) is 1.93. The number of imidazole rings is 1. The summed E-state index contributed by atoms with van der Waals surface area (Å²) in [6.45, 7) is 4.38. The molecule has 2 N–H and O–H groups in total. The lowest BCUT2D eigenvalue weighted by Gasteiger charge is -2.10. The second-order valence-electron chi connectivity index (χ2n) is 4.67. The Balaban J connectivity index is 2.08. The van der Waals surface area contributed by atoms with Gasteiger partial charge in [-0.15, -0.1) is 0 Å². The number of carbonyl (C=O) groups excluding carboxylic acids is 1. The van der Waals surface area contributed by atoms with Crippen LogP contribution in [0.2, 0.25) is 0 Å². The van der Waals surface area contributed by atoms with Gasteiger partial charge in [0.25, 0.3) is 0 Å². The van der Waals surface area contributed by atoms with Gasteiger partial charge < -0.3 is 15.0 Å². The van der Waals surface area contributed by atoms with Crippen LogP contribution in [0.25, 0.3) is 11.0 Å². The summed E-state index contributed by atoms with van der Waals surface area (Å²) >= 11 is 0. The van der Waals surface area contributed by atoms with Crippen LogP contribution in [0.3, 0.4) is 0 Å². The second kappa shape index (κ2) is 5.84. The summed E-state index contributed by atoms with van der Waals surface area (Å²) < 4.78 is 4.88. The molecule has 0 aliphatic carbocycles. The molecule has 1 atom stereocenters. The number of hydrogen-bond donors (Lipinski definition) is 2. The minimum atomic E-state index is -0.142. The Morgan fingerprint density at radius 1 is 1.53 bits per heavy atom. The predicted molar refractivity (Wildman–Crippen MR) is 73.9 cm³/mol. The van der Waals surface area contributed by atoms with Crippen LogP contribution >= 0.6 is 0 Å². The molecule has 2 rings (SSSR count). The van der Waals surface area contributed by atoms with Crippen LogP contribution in [0.15, 0.2) is 18.2 Å². The van der Waals surface area contributed by atoms with Gasteiger partial charge in [-0.2, -0.15) is 0 Å². The van der Waals surface area contributed by atoms with E-state index in [0.717, 1.165) is 16.9 Å². The number of methoxy groups -OCH3 is 1. The maximum Gasteiger partial charge on any atom is 0.222 e. The minimum absolute atomic E-state index is 0.0361. The molecule has 19 heavy (non-hydrogen) atoms. The van der Waals surface area contributed by atoms with Gasteiger partial charge in [0.2, 0.25) is 5.91 Å². The lowest BCUT2D eigenvalue weighted by atomic mass is 10.2. The summed E-state index contributed by atoms with van der Waals surface area (Å²) in [5, 5.41) is 2.89. The molecule has 1 amide bonds. The Labute approximate surface area is 112 Å². The molecular formula is C14H19N3O2. The lowest BCUT2D eigenvalue weighted by Crippen LogP contribution is -2.28. The van der Waals surface area contributed by atoms with Crippen molar-refractivity contribution in [1.29, 1.82) is 0 Å². The van der Waals surface area contributed by atoms with E-state index in [1.165, 1.54) is 5.56 Å². The smallest absolute Gasteiger partial charge is 0.222 e. The minimum Gasteiger partial charge on any atom is -0.384 e. The highest BCUT2D eigenvalue weighted by atomic mass is 16.5. The normalized spacial score (nSPS) is 12.6. The van der Waals surface area contributed by atoms with Crippen molar-refractivity contribution in [3.05, 3.63) is 29.6 Å². The van der Waals surface area contributed by atoms with Gasteiger partial charge in [-0.25, -0.2) is 4.98 Å². The van der Waals surface area contributed by atoms with Crippen LogP contribution in [0, 0.1) is 6.92 Å². The van der Waals surface area contributed by atoms with Crippen molar-refractivity contribution in [2.45, 2.75) is 26.3 Å². The molecule has 0 unspecified atom stereocenters. The first kappa shape index (κ1) is 13.5. The number of aryl methyl sites for hydroxylation is 1. The molecule has 5 heteroatoms. The molecule has 0 saturated carbocycles. The number of fused-ring (bicyclic) bond motifs is 1. The third kappa shape index (κ3) is 3.32. The summed E-state index contributed by atoms with van der Waals surface area (Å²) in [7, 11) is 1.58.